The summed E-state index contributed by atoms with van der Waals surface area (Å²) in [5, 5.41) is 18.5. The number of carbonyl (C=O) groups is 2. The van der Waals surface area contributed by atoms with Crippen molar-refractivity contribution in [3.8, 4) is 0 Å². The molecule has 0 saturated heterocycles. The summed E-state index contributed by atoms with van der Waals surface area (Å²) >= 11 is 0. The van der Waals surface area contributed by atoms with Crippen molar-refractivity contribution in [2.75, 3.05) is 0 Å². The Balaban J connectivity index is -0.00000420. The van der Waals surface area contributed by atoms with E-state index in [0.29, 0.717) is 0 Å². The van der Waals surface area contributed by atoms with Gasteiger partial charge in [-0.15, -0.1) is 0 Å². The first-order valence-electron chi connectivity index (χ1n) is 13.0. The summed E-state index contributed by atoms with van der Waals surface area (Å²) < 4.78 is 0. The van der Waals surface area contributed by atoms with Gasteiger partial charge in [0.15, 0.2) is 5.92 Å². The number of aliphatic carboxylic acids is 2. The van der Waals surface area contributed by atoms with Crippen molar-refractivity contribution < 1.29 is 50.8 Å². The second-order valence-corrected chi connectivity index (χ2v) is 9.21. The van der Waals surface area contributed by atoms with Crippen LogP contribution in [0.25, 0.3) is 0 Å². The van der Waals surface area contributed by atoms with Gasteiger partial charge in [0.2, 0.25) is 0 Å². The number of hydrogen-bond acceptors (Lipinski definition) is 2. The molecule has 0 heterocycles. The van der Waals surface area contributed by atoms with E-state index in [0.717, 1.165) is 25.7 Å². The van der Waals surface area contributed by atoms with Crippen molar-refractivity contribution in [1.82, 2.24) is 0 Å². The zero-order valence-corrected chi connectivity index (χ0v) is 23.0. The van der Waals surface area contributed by atoms with Gasteiger partial charge in [-0.05, 0) is 12.3 Å². The van der Waals surface area contributed by atoms with Gasteiger partial charge in [0.05, 0.1) is 0 Å². The average molecular weight is 451 g/mol. The van der Waals surface area contributed by atoms with Crippen LogP contribution in [0.2, 0.25) is 0 Å². The summed E-state index contributed by atoms with van der Waals surface area (Å²) in [6.45, 7) is 4.47. The molecule has 0 aliphatic heterocycles. The zero-order valence-electron chi connectivity index (χ0n) is 22.0. The molecular weight excluding hydrogens is 399 g/mol. The standard InChI is InChI=1S/C26H50O4.Na.H/c1-3-5-7-9-11-12-13-15-17-19-21-23(22-24(25(27)28)26(29)30)20-18-16-14-10-8-6-4-2;;/h23-24H,3-22H2,1-2H3,(H,27,28)(H,29,30);;/q;+1;-1. The predicted octanol–water partition coefficient (Wildman–Crippen LogP) is 5.35. The molecule has 2 N–H and O–H groups in total. The Morgan fingerprint density at radius 1 is 0.581 bits per heavy atom. The second kappa shape index (κ2) is 24.6. The van der Waals surface area contributed by atoms with Gasteiger partial charge in [-0.1, -0.05) is 136 Å². The minimum absolute atomic E-state index is 0. The molecule has 0 saturated carbocycles. The van der Waals surface area contributed by atoms with Crippen LogP contribution in [0.1, 0.15) is 144 Å². The first kappa shape index (κ1) is 33.1. The van der Waals surface area contributed by atoms with E-state index >= 15 is 0 Å². The summed E-state index contributed by atoms with van der Waals surface area (Å²) in [5.74, 6) is -3.39. The Morgan fingerprint density at radius 2 is 0.871 bits per heavy atom. The zero-order chi connectivity index (χ0) is 22.5. The van der Waals surface area contributed by atoms with Crippen LogP contribution in [0.5, 0.6) is 0 Å². The van der Waals surface area contributed by atoms with Gasteiger partial charge < -0.3 is 11.6 Å². The maximum Gasteiger partial charge on any atom is 1.00 e. The first-order chi connectivity index (χ1) is 14.5. The molecule has 0 aliphatic carbocycles. The molecular formula is C26H51NaO4. The molecule has 0 fully saturated rings. The van der Waals surface area contributed by atoms with Gasteiger partial charge in [0.25, 0.3) is 0 Å². The molecule has 31 heavy (non-hydrogen) atoms. The second-order valence-electron chi connectivity index (χ2n) is 9.21. The number of carboxylic acid groups (broad SMARTS) is 2. The molecule has 0 aliphatic rings. The van der Waals surface area contributed by atoms with Gasteiger partial charge in [-0.2, -0.15) is 0 Å². The van der Waals surface area contributed by atoms with Crippen molar-refractivity contribution in [1.29, 1.82) is 0 Å². The van der Waals surface area contributed by atoms with Crippen molar-refractivity contribution in [2.24, 2.45) is 11.8 Å². The van der Waals surface area contributed by atoms with Crippen molar-refractivity contribution in [3.05, 3.63) is 0 Å². The van der Waals surface area contributed by atoms with Crippen molar-refractivity contribution in [3.63, 3.8) is 0 Å². The maximum absolute atomic E-state index is 11.3. The van der Waals surface area contributed by atoms with Gasteiger partial charge in [0, 0.05) is 0 Å². The Kier molecular flexibility index (Phi) is 26.3. The number of carboxylic acids is 2. The van der Waals surface area contributed by atoms with Gasteiger partial charge in [-0.3, -0.25) is 9.59 Å². The molecule has 0 aromatic carbocycles. The van der Waals surface area contributed by atoms with Gasteiger partial charge in [-0.25, -0.2) is 0 Å². The molecule has 0 aromatic rings. The molecule has 0 spiro atoms. The van der Waals surface area contributed by atoms with E-state index in [-0.39, 0.29) is 43.3 Å². The SMILES string of the molecule is CCCCCCCCCCCCC(CCCCCCCCC)CC(C(=O)O)C(=O)O.[H-].[Na+]. The molecule has 0 amide bonds. The molecule has 1 unspecified atom stereocenters. The number of unbranched alkanes of at least 4 members (excludes halogenated alkanes) is 15. The van der Waals surface area contributed by atoms with E-state index < -0.39 is 17.9 Å². The molecule has 1 atom stereocenters. The van der Waals surface area contributed by atoms with Crippen molar-refractivity contribution >= 4 is 11.9 Å². The van der Waals surface area contributed by atoms with E-state index in [1.165, 1.54) is 96.3 Å². The minimum Gasteiger partial charge on any atom is -1.00 e. The van der Waals surface area contributed by atoms with E-state index in [4.69, 9.17) is 0 Å². The average Bonchev–Trinajstić information content (AvgIpc) is 2.71. The Hall–Kier alpha value is -0.0600. The number of rotatable bonds is 23. The van der Waals surface area contributed by atoms with Crippen LogP contribution in [-0.4, -0.2) is 22.2 Å². The summed E-state index contributed by atoms with van der Waals surface area (Å²) in [7, 11) is 0. The van der Waals surface area contributed by atoms with Crippen LogP contribution in [0, 0.1) is 11.8 Å². The summed E-state index contributed by atoms with van der Waals surface area (Å²) in [5.41, 5.74) is 0. The van der Waals surface area contributed by atoms with Crippen LogP contribution in [0.4, 0.5) is 0 Å². The first-order valence-corrected chi connectivity index (χ1v) is 13.0. The Morgan fingerprint density at radius 3 is 1.16 bits per heavy atom. The van der Waals surface area contributed by atoms with E-state index in [2.05, 4.69) is 13.8 Å². The summed E-state index contributed by atoms with van der Waals surface area (Å²) in [6.07, 6.45) is 23.8. The summed E-state index contributed by atoms with van der Waals surface area (Å²) in [6, 6.07) is 0. The fourth-order valence-corrected chi connectivity index (χ4v) is 4.33. The molecule has 180 valence electrons. The largest absolute Gasteiger partial charge is 1.00 e. The van der Waals surface area contributed by atoms with E-state index in [1.54, 1.807) is 0 Å². The molecule has 5 heteroatoms. The Labute approximate surface area is 216 Å². The third-order valence-corrected chi connectivity index (χ3v) is 6.35. The van der Waals surface area contributed by atoms with E-state index in [1.807, 2.05) is 0 Å². The molecule has 0 bridgehead atoms. The van der Waals surface area contributed by atoms with Crippen LogP contribution in [0.15, 0.2) is 0 Å². The summed E-state index contributed by atoms with van der Waals surface area (Å²) in [4.78, 5) is 22.6. The van der Waals surface area contributed by atoms with Crippen LogP contribution in [0.3, 0.4) is 0 Å². The van der Waals surface area contributed by atoms with Crippen LogP contribution in [-0.2, 0) is 9.59 Å². The molecule has 0 rings (SSSR count). The Bertz CT molecular complexity index is 407. The van der Waals surface area contributed by atoms with Crippen LogP contribution < -0.4 is 29.6 Å². The third-order valence-electron chi connectivity index (χ3n) is 6.35. The predicted molar refractivity (Wildman–Crippen MR) is 127 cm³/mol. The van der Waals surface area contributed by atoms with Crippen molar-refractivity contribution in [2.45, 2.75) is 142 Å². The monoisotopic (exact) mass is 450 g/mol. The topological polar surface area (TPSA) is 74.6 Å². The maximum atomic E-state index is 11.3. The minimum atomic E-state index is -1.25. The van der Waals surface area contributed by atoms with Gasteiger partial charge >= 0.3 is 41.5 Å². The fourth-order valence-electron chi connectivity index (χ4n) is 4.33. The molecule has 4 nitrogen and oxygen atoms in total. The van der Waals surface area contributed by atoms with E-state index in [9.17, 15) is 19.8 Å². The van der Waals surface area contributed by atoms with Gasteiger partial charge in [0.1, 0.15) is 0 Å². The third kappa shape index (κ3) is 21.5. The normalized spacial score (nSPS) is 12.0. The quantitative estimate of drug-likeness (QED) is 0.125. The molecule has 0 radical (unpaired) electrons. The smallest absolute Gasteiger partial charge is 1.00 e. The molecule has 0 aromatic heterocycles. The fraction of sp³-hybridized carbons (Fsp3) is 0.923. The van der Waals surface area contributed by atoms with Crippen LogP contribution >= 0.6 is 0 Å². The number of hydrogen-bond donors (Lipinski definition) is 2.